The predicted molar refractivity (Wildman–Crippen MR) is 99.5 cm³/mol. The minimum atomic E-state index is -5.08. The zero-order chi connectivity index (χ0) is 21.9. The Kier molecular flexibility index (Phi) is 6.33. The van der Waals surface area contributed by atoms with Crippen LogP contribution in [0, 0.1) is 5.92 Å². The van der Waals surface area contributed by atoms with Crippen molar-refractivity contribution >= 4 is 17.8 Å². The fraction of sp³-hybridized carbons (Fsp3) is 0.600. The van der Waals surface area contributed by atoms with Gasteiger partial charge in [0.25, 0.3) is 5.91 Å². The number of carboxylic acids is 1. The second kappa shape index (κ2) is 8.61. The first kappa shape index (κ1) is 22.0. The number of carbonyl (C=O) groups excluding carboxylic acids is 2. The van der Waals surface area contributed by atoms with Gasteiger partial charge in [0.2, 0.25) is 5.91 Å². The van der Waals surface area contributed by atoms with Gasteiger partial charge in [0.15, 0.2) is 0 Å². The summed E-state index contributed by atoms with van der Waals surface area (Å²) in [6.07, 6.45) is 4.25. The topological polar surface area (TPSA) is 90.8 Å². The minimum absolute atomic E-state index is 0.0192. The van der Waals surface area contributed by atoms with Gasteiger partial charge in [0.05, 0.1) is 5.56 Å². The summed E-state index contributed by atoms with van der Waals surface area (Å²) in [6, 6.07) is 3.61. The molecular formula is C20H24F3N3O4. The highest BCUT2D eigenvalue weighted by molar-refractivity contribution is 5.94. The average Bonchev–Trinajstić information content (AvgIpc) is 3.50. The third kappa shape index (κ3) is 5.09. The van der Waals surface area contributed by atoms with Crippen LogP contribution in [-0.2, 0) is 9.59 Å². The molecular weight excluding hydrogens is 403 g/mol. The maximum absolute atomic E-state index is 12.5. The molecule has 4 rings (SSSR count). The number of hydrogen-bond donors (Lipinski definition) is 1. The molecule has 0 radical (unpaired) electrons. The number of likely N-dealkylation sites (tertiary alicyclic amines) is 2. The van der Waals surface area contributed by atoms with Crippen LogP contribution in [-0.4, -0.2) is 69.0 Å². The first-order chi connectivity index (χ1) is 14.1. The van der Waals surface area contributed by atoms with E-state index in [9.17, 15) is 22.8 Å². The number of nitrogens with zero attached hydrogens (tertiary/aromatic N) is 3. The molecule has 2 saturated heterocycles. The number of carbonyl (C=O) groups is 3. The fourth-order valence-electron chi connectivity index (χ4n) is 4.05. The maximum Gasteiger partial charge on any atom is 0.490 e. The van der Waals surface area contributed by atoms with E-state index in [1.54, 1.807) is 18.5 Å². The third-order valence-electron chi connectivity index (χ3n) is 5.95. The Bertz CT molecular complexity index is 788. The van der Waals surface area contributed by atoms with Crippen molar-refractivity contribution in [3.63, 3.8) is 0 Å². The van der Waals surface area contributed by atoms with Gasteiger partial charge in [-0.1, -0.05) is 0 Å². The summed E-state index contributed by atoms with van der Waals surface area (Å²) in [5.41, 5.74) is 0.673. The summed E-state index contributed by atoms with van der Waals surface area (Å²) in [5.74, 6) is -1.65. The van der Waals surface area contributed by atoms with Crippen LogP contribution in [0.2, 0.25) is 0 Å². The highest BCUT2D eigenvalue weighted by Gasteiger charge is 2.48. The molecule has 3 aliphatic rings. The molecule has 0 unspecified atom stereocenters. The van der Waals surface area contributed by atoms with Crippen LogP contribution >= 0.6 is 0 Å². The Labute approximate surface area is 171 Å². The van der Waals surface area contributed by atoms with Crippen molar-refractivity contribution in [1.29, 1.82) is 0 Å². The average molecular weight is 427 g/mol. The lowest BCUT2D eigenvalue weighted by atomic mass is 9.84. The molecule has 30 heavy (non-hydrogen) atoms. The van der Waals surface area contributed by atoms with Crippen LogP contribution in [0.3, 0.4) is 0 Å². The summed E-state index contributed by atoms with van der Waals surface area (Å²) >= 11 is 0. The lowest BCUT2D eigenvalue weighted by molar-refractivity contribution is -0.192. The van der Waals surface area contributed by atoms with Gasteiger partial charge in [-0.25, -0.2) is 4.79 Å². The normalized spacial score (nSPS) is 20.7. The van der Waals surface area contributed by atoms with E-state index >= 15 is 0 Å². The van der Waals surface area contributed by atoms with E-state index in [0.717, 1.165) is 44.8 Å². The van der Waals surface area contributed by atoms with Crippen molar-refractivity contribution in [3.8, 4) is 0 Å². The molecule has 0 atom stereocenters. The number of alkyl halides is 3. The van der Waals surface area contributed by atoms with Gasteiger partial charge in [-0.05, 0) is 50.2 Å². The molecule has 1 spiro atoms. The van der Waals surface area contributed by atoms with E-state index in [-0.39, 0.29) is 11.4 Å². The number of amides is 2. The van der Waals surface area contributed by atoms with Gasteiger partial charge >= 0.3 is 12.1 Å². The number of pyridine rings is 1. The van der Waals surface area contributed by atoms with E-state index in [2.05, 4.69) is 9.88 Å². The van der Waals surface area contributed by atoms with Crippen LogP contribution in [0.1, 0.15) is 48.9 Å². The van der Waals surface area contributed by atoms with Gasteiger partial charge in [-0.2, -0.15) is 13.2 Å². The number of hydrogen-bond acceptors (Lipinski definition) is 4. The molecule has 2 amide bonds. The number of aromatic nitrogens is 1. The van der Waals surface area contributed by atoms with Gasteiger partial charge in [0.1, 0.15) is 0 Å². The maximum atomic E-state index is 12.5. The molecule has 1 aliphatic carbocycles. The Morgan fingerprint density at radius 3 is 2.33 bits per heavy atom. The van der Waals surface area contributed by atoms with Gasteiger partial charge in [-0.3, -0.25) is 14.6 Å². The monoisotopic (exact) mass is 427 g/mol. The smallest absolute Gasteiger partial charge is 0.475 e. The van der Waals surface area contributed by atoms with E-state index in [4.69, 9.17) is 9.90 Å². The number of carboxylic acid groups (broad SMARTS) is 1. The molecule has 7 nitrogen and oxygen atoms in total. The van der Waals surface area contributed by atoms with Gasteiger partial charge < -0.3 is 14.9 Å². The highest BCUT2D eigenvalue weighted by Crippen LogP contribution is 2.42. The Balaban J connectivity index is 0.000000318. The molecule has 3 heterocycles. The standard InChI is InChI=1S/C18H23N3O2.C2HF3O2/c22-16-5-6-18(21(16)13-14-3-4-14)7-10-20(11-8-18)17(23)15-2-1-9-19-12-15;3-2(4,5)1(6)7/h1-2,9,12,14H,3-8,10-11,13H2;(H,6,7). The number of halogens is 3. The first-order valence-corrected chi connectivity index (χ1v) is 9.92. The van der Waals surface area contributed by atoms with Crippen molar-refractivity contribution in [2.75, 3.05) is 19.6 Å². The molecule has 2 aliphatic heterocycles. The molecule has 1 aromatic rings. The summed E-state index contributed by atoms with van der Waals surface area (Å²) in [6.45, 7) is 2.42. The summed E-state index contributed by atoms with van der Waals surface area (Å²) < 4.78 is 31.7. The van der Waals surface area contributed by atoms with E-state index < -0.39 is 12.1 Å². The van der Waals surface area contributed by atoms with Crippen LogP contribution in [0.4, 0.5) is 13.2 Å². The van der Waals surface area contributed by atoms with E-state index in [1.165, 1.54) is 12.8 Å². The first-order valence-electron chi connectivity index (χ1n) is 9.92. The third-order valence-corrected chi connectivity index (χ3v) is 5.95. The Morgan fingerprint density at radius 1 is 1.20 bits per heavy atom. The second-order valence-electron chi connectivity index (χ2n) is 8.01. The molecule has 1 aromatic heterocycles. The zero-order valence-corrected chi connectivity index (χ0v) is 16.4. The Hall–Kier alpha value is -2.65. The van der Waals surface area contributed by atoms with Crippen LogP contribution in [0.5, 0.6) is 0 Å². The number of rotatable bonds is 3. The van der Waals surface area contributed by atoms with Gasteiger partial charge in [-0.15, -0.1) is 0 Å². The SMILES string of the molecule is O=C(O)C(F)(F)F.O=C(c1cccnc1)N1CCC2(CCC(=O)N2CC2CC2)CC1. The van der Waals surface area contributed by atoms with Crippen molar-refractivity contribution in [2.24, 2.45) is 5.92 Å². The lowest BCUT2D eigenvalue weighted by Crippen LogP contribution is -2.54. The molecule has 3 fully saturated rings. The van der Waals surface area contributed by atoms with Crippen molar-refractivity contribution in [3.05, 3.63) is 30.1 Å². The molecule has 0 aromatic carbocycles. The largest absolute Gasteiger partial charge is 0.490 e. The molecule has 1 N–H and O–H groups in total. The van der Waals surface area contributed by atoms with Crippen LogP contribution in [0.15, 0.2) is 24.5 Å². The summed E-state index contributed by atoms with van der Waals surface area (Å²) in [4.78, 5) is 41.8. The second-order valence-corrected chi connectivity index (χ2v) is 8.01. The van der Waals surface area contributed by atoms with Crippen molar-refractivity contribution < 1.29 is 32.7 Å². The zero-order valence-electron chi connectivity index (χ0n) is 16.4. The molecule has 1 saturated carbocycles. The molecule has 10 heteroatoms. The van der Waals surface area contributed by atoms with E-state index in [1.807, 2.05) is 11.0 Å². The fourth-order valence-corrected chi connectivity index (χ4v) is 4.05. The summed E-state index contributed by atoms with van der Waals surface area (Å²) in [7, 11) is 0. The number of aliphatic carboxylic acids is 1. The molecule has 164 valence electrons. The highest BCUT2D eigenvalue weighted by atomic mass is 19.4. The van der Waals surface area contributed by atoms with Crippen molar-refractivity contribution in [2.45, 2.75) is 50.2 Å². The van der Waals surface area contributed by atoms with Gasteiger partial charge in [0, 0.05) is 44.0 Å². The van der Waals surface area contributed by atoms with Crippen molar-refractivity contribution in [1.82, 2.24) is 14.8 Å². The van der Waals surface area contributed by atoms with Crippen LogP contribution in [0.25, 0.3) is 0 Å². The lowest BCUT2D eigenvalue weighted by Gasteiger charge is -2.45. The van der Waals surface area contributed by atoms with Crippen LogP contribution < -0.4 is 0 Å². The number of piperidine rings is 1. The quantitative estimate of drug-likeness (QED) is 0.801. The summed E-state index contributed by atoms with van der Waals surface area (Å²) in [5, 5.41) is 7.12. The Morgan fingerprint density at radius 2 is 1.83 bits per heavy atom. The minimum Gasteiger partial charge on any atom is -0.475 e. The predicted octanol–water partition coefficient (Wildman–Crippen LogP) is 2.72. The molecule has 0 bridgehead atoms. The van der Waals surface area contributed by atoms with E-state index in [0.29, 0.717) is 17.9 Å².